The number of non-ortho nitro benzene ring substituents is 1. The number of aromatic nitrogens is 1. The fourth-order valence-corrected chi connectivity index (χ4v) is 3.26. The lowest BCUT2D eigenvalue weighted by atomic mass is 10.2. The second-order valence-electron chi connectivity index (χ2n) is 5.04. The molecule has 0 spiro atoms. The number of carbonyl (C=O) groups excluding carboxylic acids is 2. The van der Waals surface area contributed by atoms with Crippen molar-refractivity contribution in [2.45, 2.75) is 0 Å². The Kier molecular flexibility index (Phi) is 5.05. The van der Waals surface area contributed by atoms with Gasteiger partial charge in [-0.1, -0.05) is 11.8 Å². The van der Waals surface area contributed by atoms with Crippen molar-refractivity contribution in [3.8, 4) is 0 Å². The molecule has 1 aromatic heterocycles. The number of nitrogens with one attached hydrogen (secondary N) is 1. The van der Waals surface area contributed by atoms with Crippen molar-refractivity contribution >= 4 is 51.9 Å². The van der Waals surface area contributed by atoms with Gasteiger partial charge in [0, 0.05) is 30.1 Å². The van der Waals surface area contributed by atoms with E-state index in [0.29, 0.717) is 4.91 Å². The van der Waals surface area contributed by atoms with Crippen LogP contribution in [0.5, 0.6) is 0 Å². The Balaban J connectivity index is 1.74. The van der Waals surface area contributed by atoms with E-state index in [-0.39, 0.29) is 15.6 Å². The van der Waals surface area contributed by atoms with Crippen LogP contribution in [0.2, 0.25) is 0 Å². The quantitative estimate of drug-likeness (QED) is 0.372. The molecule has 0 atom stereocenters. The van der Waals surface area contributed by atoms with E-state index in [4.69, 9.17) is 12.2 Å². The number of nitrogens with zero attached hydrogens (tertiary/aromatic N) is 3. The number of pyridine rings is 1. The lowest BCUT2D eigenvalue weighted by molar-refractivity contribution is -0.384. The average molecular weight is 386 g/mol. The maximum Gasteiger partial charge on any atom is 0.285 e. The van der Waals surface area contributed by atoms with E-state index in [1.807, 2.05) is 0 Å². The van der Waals surface area contributed by atoms with Gasteiger partial charge in [-0.05, 0) is 48.1 Å². The fourth-order valence-electron chi connectivity index (χ4n) is 2.08. The zero-order valence-corrected chi connectivity index (χ0v) is 14.6. The summed E-state index contributed by atoms with van der Waals surface area (Å²) in [5.74, 6) is -1.05. The summed E-state index contributed by atoms with van der Waals surface area (Å²) in [5.41, 5.74) is 3.24. The number of benzene rings is 1. The second-order valence-corrected chi connectivity index (χ2v) is 6.72. The van der Waals surface area contributed by atoms with Crippen LogP contribution in [0, 0.1) is 10.1 Å². The van der Waals surface area contributed by atoms with E-state index in [2.05, 4.69) is 10.4 Å². The highest BCUT2D eigenvalue weighted by atomic mass is 32.2. The number of rotatable bonds is 4. The normalized spacial score (nSPS) is 15.4. The van der Waals surface area contributed by atoms with Gasteiger partial charge in [0.25, 0.3) is 17.5 Å². The highest BCUT2D eigenvalue weighted by Gasteiger charge is 2.33. The summed E-state index contributed by atoms with van der Waals surface area (Å²) in [7, 11) is 0. The lowest BCUT2D eigenvalue weighted by Gasteiger charge is -2.15. The van der Waals surface area contributed by atoms with Crippen molar-refractivity contribution in [3.05, 3.63) is 74.9 Å². The molecule has 8 nitrogen and oxygen atoms in total. The maximum atomic E-state index is 12.5. The molecule has 1 aliphatic rings. The molecule has 130 valence electrons. The monoisotopic (exact) mass is 386 g/mol. The minimum Gasteiger partial charge on any atom is -0.267 e. The van der Waals surface area contributed by atoms with Crippen LogP contribution in [0.25, 0.3) is 6.08 Å². The number of thioether (sulfide) groups is 1. The van der Waals surface area contributed by atoms with Crippen molar-refractivity contribution in [2.24, 2.45) is 0 Å². The van der Waals surface area contributed by atoms with Gasteiger partial charge in [0.2, 0.25) is 0 Å². The summed E-state index contributed by atoms with van der Waals surface area (Å²) in [6, 6.07) is 8.50. The van der Waals surface area contributed by atoms with Gasteiger partial charge in [-0.2, -0.15) is 5.01 Å². The number of nitro benzene ring substituents is 1. The van der Waals surface area contributed by atoms with Crippen LogP contribution in [0.1, 0.15) is 15.9 Å². The Bertz CT molecular complexity index is 929. The van der Waals surface area contributed by atoms with Crippen LogP contribution in [-0.2, 0) is 4.79 Å². The molecule has 10 heteroatoms. The Morgan fingerprint density at radius 2 is 1.88 bits per heavy atom. The molecular formula is C16H10N4O4S2. The molecule has 1 aliphatic heterocycles. The summed E-state index contributed by atoms with van der Waals surface area (Å²) in [5, 5.41) is 11.6. The van der Waals surface area contributed by atoms with Crippen molar-refractivity contribution in [2.75, 3.05) is 0 Å². The van der Waals surface area contributed by atoms with Gasteiger partial charge in [0.1, 0.15) is 0 Å². The third-order valence-corrected chi connectivity index (χ3v) is 4.65. The van der Waals surface area contributed by atoms with Gasteiger partial charge in [-0.3, -0.25) is 30.1 Å². The number of carbonyl (C=O) groups is 2. The topological polar surface area (TPSA) is 105 Å². The largest absolute Gasteiger partial charge is 0.285 e. The SMILES string of the molecule is O=C(NN1C(=O)C(=Cc2ccncc2)SC1=S)c1ccc([N+](=O)[O-])cc1. The number of hydrogen-bond donors (Lipinski definition) is 1. The zero-order chi connectivity index (χ0) is 18.7. The van der Waals surface area contributed by atoms with Crippen molar-refractivity contribution in [1.29, 1.82) is 0 Å². The van der Waals surface area contributed by atoms with Gasteiger partial charge in [-0.25, -0.2) is 0 Å². The van der Waals surface area contributed by atoms with Crippen molar-refractivity contribution in [1.82, 2.24) is 15.4 Å². The summed E-state index contributed by atoms with van der Waals surface area (Å²) < 4.78 is 0.186. The van der Waals surface area contributed by atoms with E-state index in [1.165, 1.54) is 24.3 Å². The van der Waals surface area contributed by atoms with Gasteiger partial charge in [0.05, 0.1) is 9.83 Å². The van der Waals surface area contributed by atoms with Crippen molar-refractivity contribution < 1.29 is 14.5 Å². The smallest absolute Gasteiger partial charge is 0.267 e. The second kappa shape index (κ2) is 7.42. The average Bonchev–Trinajstić information content (AvgIpc) is 2.90. The number of hydrazine groups is 1. The first-order valence-electron chi connectivity index (χ1n) is 7.19. The number of thiocarbonyl (C=S) groups is 1. The van der Waals surface area contributed by atoms with Gasteiger partial charge in [-0.15, -0.1) is 0 Å². The maximum absolute atomic E-state index is 12.5. The highest BCUT2D eigenvalue weighted by Crippen LogP contribution is 2.31. The molecule has 1 aromatic carbocycles. The summed E-state index contributed by atoms with van der Waals surface area (Å²) >= 11 is 6.21. The van der Waals surface area contributed by atoms with Gasteiger partial charge < -0.3 is 0 Å². The van der Waals surface area contributed by atoms with E-state index in [1.54, 1.807) is 30.6 Å². The van der Waals surface area contributed by atoms with Crippen LogP contribution in [0.15, 0.2) is 53.7 Å². The first-order chi connectivity index (χ1) is 12.5. The summed E-state index contributed by atoms with van der Waals surface area (Å²) in [4.78, 5) is 39.1. The fraction of sp³-hybridized carbons (Fsp3) is 0. The van der Waals surface area contributed by atoms with Gasteiger partial charge >= 0.3 is 0 Å². The van der Waals surface area contributed by atoms with E-state index in [0.717, 1.165) is 22.3 Å². The van der Waals surface area contributed by atoms with E-state index >= 15 is 0 Å². The van der Waals surface area contributed by atoms with Crippen LogP contribution in [0.4, 0.5) is 5.69 Å². The Labute approximate surface area is 157 Å². The molecule has 1 N–H and O–H groups in total. The number of nitro groups is 1. The predicted molar refractivity (Wildman–Crippen MR) is 99.8 cm³/mol. The van der Waals surface area contributed by atoms with Crippen LogP contribution in [0.3, 0.4) is 0 Å². The summed E-state index contributed by atoms with van der Waals surface area (Å²) in [6.45, 7) is 0. The number of hydrogen-bond acceptors (Lipinski definition) is 7. The minimum atomic E-state index is -0.596. The molecule has 1 fully saturated rings. The molecule has 2 amide bonds. The third kappa shape index (κ3) is 3.76. The highest BCUT2D eigenvalue weighted by molar-refractivity contribution is 8.26. The molecule has 0 unspecified atom stereocenters. The molecule has 0 saturated carbocycles. The van der Waals surface area contributed by atoms with Gasteiger partial charge in [0.15, 0.2) is 4.32 Å². The number of amides is 2. The van der Waals surface area contributed by atoms with Crippen LogP contribution < -0.4 is 5.43 Å². The standard InChI is InChI=1S/C16H10N4O4S2/c21-14(11-1-3-12(4-2-11)20(23)24)18-19-15(22)13(26-16(19)25)9-10-5-7-17-8-6-10/h1-9H,(H,18,21). The Morgan fingerprint density at radius 1 is 1.23 bits per heavy atom. The Hall–Kier alpha value is -3.11. The summed E-state index contributed by atoms with van der Waals surface area (Å²) in [6.07, 6.45) is 4.85. The molecule has 26 heavy (non-hydrogen) atoms. The first kappa shape index (κ1) is 17.7. The van der Waals surface area contributed by atoms with Crippen LogP contribution >= 0.6 is 24.0 Å². The molecule has 2 aromatic rings. The molecule has 0 aliphatic carbocycles. The molecule has 3 rings (SSSR count). The predicted octanol–water partition coefficient (Wildman–Crippen LogP) is 2.54. The van der Waals surface area contributed by atoms with E-state index < -0.39 is 16.7 Å². The zero-order valence-electron chi connectivity index (χ0n) is 13.0. The molecule has 1 saturated heterocycles. The molecular weight excluding hydrogens is 376 g/mol. The van der Waals surface area contributed by atoms with Crippen LogP contribution in [-0.4, -0.2) is 31.1 Å². The molecule has 0 radical (unpaired) electrons. The van der Waals surface area contributed by atoms with Crippen molar-refractivity contribution in [3.63, 3.8) is 0 Å². The van der Waals surface area contributed by atoms with E-state index in [9.17, 15) is 19.7 Å². The Morgan fingerprint density at radius 3 is 2.50 bits per heavy atom. The molecule has 2 heterocycles. The molecule has 0 bridgehead atoms. The third-order valence-electron chi connectivity index (χ3n) is 3.35. The lowest BCUT2D eigenvalue weighted by Crippen LogP contribution is -2.44. The first-order valence-corrected chi connectivity index (χ1v) is 8.41. The minimum absolute atomic E-state index is 0.132.